The Hall–Kier alpha value is -2.38. The smallest absolute Gasteiger partial charge is 0.206 e. The Morgan fingerprint density at radius 3 is 2.72 bits per heavy atom. The summed E-state index contributed by atoms with van der Waals surface area (Å²) >= 11 is 4.65. The van der Waals surface area contributed by atoms with Crippen LogP contribution in [0.2, 0.25) is 0 Å². The van der Waals surface area contributed by atoms with Crippen molar-refractivity contribution in [3.8, 4) is 5.75 Å². The van der Waals surface area contributed by atoms with Crippen LogP contribution in [-0.2, 0) is 0 Å². The predicted molar refractivity (Wildman–Crippen MR) is 105 cm³/mol. The van der Waals surface area contributed by atoms with Crippen molar-refractivity contribution in [2.24, 2.45) is 0 Å². The first kappa shape index (κ1) is 17.4. The lowest BCUT2D eigenvalue weighted by Crippen LogP contribution is -2.02. The van der Waals surface area contributed by atoms with E-state index in [0.717, 1.165) is 15.9 Å². The van der Waals surface area contributed by atoms with Crippen LogP contribution in [0.3, 0.4) is 0 Å². The van der Waals surface area contributed by atoms with Crippen molar-refractivity contribution in [2.75, 3.05) is 17.7 Å². The average molecular weight is 418 g/mol. The van der Waals surface area contributed by atoms with Gasteiger partial charge in [-0.1, -0.05) is 33.3 Å². The van der Waals surface area contributed by atoms with E-state index in [2.05, 4.69) is 26.2 Å². The Morgan fingerprint density at radius 2 is 2.04 bits per heavy atom. The van der Waals surface area contributed by atoms with E-state index in [0.29, 0.717) is 22.2 Å². The van der Waals surface area contributed by atoms with Gasteiger partial charge in [-0.2, -0.15) is 0 Å². The Labute approximate surface area is 158 Å². The minimum Gasteiger partial charge on any atom is -0.494 e. The molecule has 0 atom stereocenters. The van der Waals surface area contributed by atoms with Crippen LogP contribution in [-0.4, -0.2) is 17.4 Å². The normalized spacial score (nSPS) is 10.5. The first-order valence-electron chi connectivity index (χ1n) is 7.63. The third-order valence-electron chi connectivity index (χ3n) is 3.36. The molecule has 0 fully saturated rings. The van der Waals surface area contributed by atoms with Gasteiger partial charge in [-0.05, 0) is 49.4 Å². The van der Waals surface area contributed by atoms with Gasteiger partial charge in [-0.15, -0.1) is 0 Å². The number of nitrogens with zero attached hydrogens (tertiary/aromatic N) is 1. The Balaban J connectivity index is 1.80. The van der Waals surface area contributed by atoms with Crippen molar-refractivity contribution in [1.82, 2.24) is 4.98 Å². The van der Waals surface area contributed by atoms with Crippen LogP contribution in [0.4, 0.5) is 16.6 Å². The van der Waals surface area contributed by atoms with Crippen LogP contribution in [0, 0.1) is 0 Å². The molecule has 0 bridgehead atoms. The Bertz CT molecular complexity index is 894. The molecule has 3 rings (SSSR count). The number of thiazole rings is 1. The number of hydrogen-bond donors (Lipinski definition) is 2. The van der Waals surface area contributed by atoms with E-state index in [1.54, 1.807) is 24.3 Å². The highest BCUT2D eigenvalue weighted by Crippen LogP contribution is 2.30. The van der Waals surface area contributed by atoms with Gasteiger partial charge in [-0.3, -0.25) is 4.79 Å². The van der Waals surface area contributed by atoms with Crippen molar-refractivity contribution in [1.29, 1.82) is 0 Å². The molecule has 0 spiro atoms. The third-order valence-corrected chi connectivity index (χ3v) is 4.84. The SMILES string of the molecule is CCOc1ccc(C(=O)c2sc(Nc3cccc(Br)c3)nc2N)cc1. The number of halogens is 1. The lowest BCUT2D eigenvalue weighted by atomic mass is 10.1. The number of nitrogens with one attached hydrogen (secondary N) is 1. The molecule has 128 valence electrons. The summed E-state index contributed by atoms with van der Waals surface area (Å²) in [4.78, 5) is 17.3. The van der Waals surface area contributed by atoms with Gasteiger partial charge in [-0.25, -0.2) is 4.98 Å². The van der Waals surface area contributed by atoms with Crippen LogP contribution in [0.5, 0.6) is 5.75 Å². The van der Waals surface area contributed by atoms with Gasteiger partial charge in [0.05, 0.1) is 6.61 Å². The Kier molecular flexibility index (Phi) is 5.35. The fourth-order valence-corrected chi connectivity index (χ4v) is 3.50. The number of benzene rings is 2. The lowest BCUT2D eigenvalue weighted by molar-refractivity contribution is 0.104. The summed E-state index contributed by atoms with van der Waals surface area (Å²) in [7, 11) is 0. The zero-order valence-corrected chi connectivity index (χ0v) is 15.9. The molecule has 3 aromatic rings. The highest BCUT2D eigenvalue weighted by molar-refractivity contribution is 9.10. The number of carbonyl (C=O) groups is 1. The number of hydrogen-bond acceptors (Lipinski definition) is 6. The molecular weight excluding hydrogens is 402 g/mol. The number of anilines is 3. The Morgan fingerprint density at radius 1 is 1.28 bits per heavy atom. The maximum atomic E-state index is 12.7. The van der Waals surface area contributed by atoms with Gasteiger partial charge in [0.15, 0.2) is 5.13 Å². The zero-order chi connectivity index (χ0) is 17.8. The van der Waals surface area contributed by atoms with Gasteiger partial charge >= 0.3 is 0 Å². The fourth-order valence-electron chi connectivity index (χ4n) is 2.24. The third kappa shape index (κ3) is 4.18. The topological polar surface area (TPSA) is 77.2 Å². The molecule has 0 radical (unpaired) electrons. The molecule has 2 aromatic carbocycles. The molecule has 7 heteroatoms. The predicted octanol–water partition coefficient (Wildman–Crippen LogP) is 4.86. The van der Waals surface area contributed by atoms with Crippen LogP contribution in [0.15, 0.2) is 53.0 Å². The minimum atomic E-state index is -0.152. The molecule has 0 saturated heterocycles. The average Bonchev–Trinajstić information content (AvgIpc) is 2.95. The molecule has 0 unspecified atom stereocenters. The largest absolute Gasteiger partial charge is 0.494 e. The summed E-state index contributed by atoms with van der Waals surface area (Å²) < 4.78 is 6.34. The van der Waals surface area contributed by atoms with Crippen LogP contribution >= 0.6 is 27.3 Å². The lowest BCUT2D eigenvalue weighted by Gasteiger charge is -2.04. The highest BCUT2D eigenvalue weighted by atomic mass is 79.9. The molecular formula is C18H16BrN3O2S. The maximum Gasteiger partial charge on any atom is 0.206 e. The van der Waals surface area contributed by atoms with E-state index in [9.17, 15) is 4.79 Å². The number of nitrogens with two attached hydrogens (primary N) is 1. The minimum absolute atomic E-state index is 0.152. The molecule has 5 nitrogen and oxygen atoms in total. The first-order chi connectivity index (χ1) is 12.1. The molecule has 1 aromatic heterocycles. The number of nitrogen functional groups attached to an aromatic ring is 1. The van der Waals surface area contributed by atoms with E-state index in [1.165, 1.54) is 11.3 Å². The second-order valence-electron chi connectivity index (χ2n) is 5.16. The summed E-state index contributed by atoms with van der Waals surface area (Å²) in [5.41, 5.74) is 7.36. The summed E-state index contributed by atoms with van der Waals surface area (Å²) in [6.45, 7) is 2.50. The summed E-state index contributed by atoms with van der Waals surface area (Å²) in [6.07, 6.45) is 0. The number of carbonyl (C=O) groups excluding carboxylic acids is 1. The van der Waals surface area contributed by atoms with Crippen molar-refractivity contribution in [3.05, 3.63) is 63.4 Å². The molecule has 0 amide bonds. The molecule has 3 N–H and O–H groups in total. The number of ether oxygens (including phenoxy) is 1. The van der Waals surface area contributed by atoms with Crippen molar-refractivity contribution >= 4 is 49.7 Å². The monoisotopic (exact) mass is 417 g/mol. The van der Waals surface area contributed by atoms with Gasteiger partial charge in [0.25, 0.3) is 0 Å². The van der Waals surface area contributed by atoms with Crippen LogP contribution < -0.4 is 15.8 Å². The fraction of sp³-hybridized carbons (Fsp3) is 0.111. The summed E-state index contributed by atoms with van der Waals surface area (Å²) in [5.74, 6) is 0.801. The zero-order valence-electron chi connectivity index (χ0n) is 13.5. The van der Waals surface area contributed by atoms with E-state index in [4.69, 9.17) is 10.5 Å². The van der Waals surface area contributed by atoms with E-state index >= 15 is 0 Å². The highest BCUT2D eigenvalue weighted by Gasteiger charge is 2.18. The van der Waals surface area contributed by atoms with E-state index in [1.807, 2.05) is 31.2 Å². The van der Waals surface area contributed by atoms with Gasteiger partial charge in [0.1, 0.15) is 16.4 Å². The maximum absolute atomic E-state index is 12.7. The van der Waals surface area contributed by atoms with Crippen molar-refractivity contribution in [3.63, 3.8) is 0 Å². The molecule has 1 heterocycles. The summed E-state index contributed by atoms with van der Waals surface area (Å²) in [5, 5.41) is 3.74. The summed E-state index contributed by atoms with van der Waals surface area (Å²) in [6, 6.07) is 14.7. The molecule has 0 aliphatic carbocycles. The standard InChI is InChI=1S/C18H16BrN3O2S/c1-2-24-14-8-6-11(7-9-14)15(23)16-17(20)22-18(25-16)21-13-5-3-4-12(19)10-13/h3-10H,2,20H2,1H3,(H,21,22). The van der Waals surface area contributed by atoms with Crippen molar-refractivity contribution < 1.29 is 9.53 Å². The molecule has 25 heavy (non-hydrogen) atoms. The number of ketones is 1. The first-order valence-corrected chi connectivity index (χ1v) is 9.24. The van der Waals surface area contributed by atoms with E-state index < -0.39 is 0 Å². The van der Waals surface area contributed by atoms with Gasteiger partial charge in [0, 0.05) is 15.7 Å². The molecule has 0 aliphatic heterocycles. The van der Waals surface area contributed by atoms with Crippen LogP contribution in [0.1, 0.15) is 22.2 Å². The van der Waals surface area contributed by atoms with E-state index in [-0.39, 0.29) is 11.6 Å². The number of aromatic nitrogens is 1. The van der Waals surface area contributed by atoms with Crippen LogP contribution in [0.25, 0.3) is 0 Å². The molecule has 0 saturated carbocycles. The number of rotatable bonds is 6. The second-order valence-corrected chi connectivity index (χ2v) is 7.07. The molecule has 0 aliphatic rings. The van der Waals surface area contributed by atoms with Crippen molar-refractivity contribution in [2.45, 2.75) is 6.92 Å². The van der Waals surface area contributed by atoms with Gasteiger partial charge < -0.3 is 15.8 Å². The quantitative estimate of drug-likeness (QED) is 0.559. The second kappa shape index (κ2) is 7.67. The van der Waals surface area contributed by atoms with Gasteiger partial charge in [0.2, 0.25) is 5.78 Å².